The Morgan fingerprint density at radius 3 is 2.82 bits per heavy atom. The molecule has 0 aliphatic carbocycles. The average Bonchev–Trinajstić information content (AvgIpc) is 2.31. The molecule has 0 amide bonds. The van der Waals surface area contributed by atoms with E-state index in [1.807, 2.05) is 24.3 Å². The Morgan fingerprint density at radius 1 is 1.47 bits per heavy atom. The number of benzene rings is 1. The molecule has 1 atom stereocenters. The van der Waals surface area contributed by atoms with E-state index in [0.717, 1.165) is 11.1 Å². The summed E-state index contributed by atoms with van der Waals surface area (Å²) < 4.78 is 10.5. The third kappa shape index (κ3) is 4.58. The summed E-state index contributed by atoms with van der Waals surface area (Å²) in [4.78, 5) is 10.5. The van der Waals surface area contributed by atoms with Gasteiger partial charge in [0.25, 0.3) is 0 Å². The van der Waals surface area contributed by atoms with Gasteiger partial charge in [-0.1, -0.05) is 0 Å². The van der Waals surface area contributed by atoms with E-state index in [4.69, 9.17) is 10.8 Å². The average molecular weight is 251 g/mol. The summed E-state index contributed by atoms with van der Waals surface area (Å²) >= 11 is 0. The predicted molar refractivity (Wildman–Crippen MR) is 65.6 cm³/mol. The van der Waals surface area contributed by atoms with Crippen molar-refractivity contribution < 1.29 is 14.5 Å². The molecule has 0 aromatic heterocycles. The molecule has 1 aromatic rings. The fraction of sp³-hybridized carbons (Fsp3) is 0.333. The molecule has 1 aromatic carbocycles. The van der Waals surface area contributed by atoms with Gasteiger partial charge in [-0.25, -0.2) is 0 Å². The van der Waals surface area contributed by atoms with Crippen LogP contribution in [0.1, 0.15) is 24.0 Å². The van der Waals surface area contributed by atoms with Gasteiger partial charge in [0, 0.05) is 0 Å². The van der Waals surface area contributed by atoms with Crippen LogP contribution >= 0.6 is 7.92 Å². The Kier molecular flexibility index (Phi) is 5.71. The first-order valence-electron chi connectivity index (χ1n) is 5.30. The Hall–Kier alpha value is -1.34. The van der Waals surface area contributed by atoms with Crippen molar-refractivity contribution in [3.05, 3.63) is 35.4 Å². The van der Waals surface area contributed by atoms with Gasteiger partial charge in [-0.05, 0) is 0 Å². The standard InChI is InChI=1S/C12H14NO3P/c13-11(12(14)15)7-3-6-9-4-1-2-5-10(9)8-17-16/h1-2,4-5,11H,3,6-7,13H2,(H,14,15). The number of aryl methyl sites for hydroxylation is 1. The van der Waals surface area contributed by atoms with E-state index in [-0.39, 0.29) is 7.92 Å². The molecule has 5 heteroatoms. The SMILES string of the molecule is NC(CCCc1ccccc1C#P=O)C(=O)O. The summed E-state index contributed by atoms with van der Waals surface area (Å²) in [6.07, 6.45) is 1.82. The van der Waals surface area contributed by atoms with Crippen molar-refractivity contribution in [3.63, 3.8) is 0 Å². The number of aliphatic carboxylic acids is 1. The van der Waals surface area contributed by atoms with Crippen LogP contribution in [0.25, 0.3) is 0 Å². The molecule has 0 aliphatic heterocycles. The summed E-state index contributed by atoms with van der Waals surface area (Å²) in [5.74, 6) is -0.977. The molecule has 1 unspecified atom stereocenters. The van der Waals surface area contributed by atoms with Gasteiger partial charge < -0.3 is 0 Å². The van der Waals surface area contributed by atoms with Crippen molar-refractivity contribution >= 4 is 13.9 Å². The van der Waals surface area contributed by atoms with Crippen LogP contribution in [0, 0.1) is 5.63 Å². The van der Waals surface area contributed by atoms with Crippen LogP contribution in [-0.2, 0) is 15.8 Å². The minimum atomic E-state index is -0.977. The monoisotopic (exact) mass is 251 g/mol. The number of rotatable bonds is 5. The van der Waals surface area contributed by atoms with Gasteiger partial charge in [0.05, 0.1) is 0 Å². The zero-order valence-electron chi connectivity index (χ0n) is 9.30. The van der Waals surface area contributed by atoms with Gasteiger partial charge in [0.2, 0.25) is 0 Å². The van der Waals surface area contributed by atoms with Gasteiger partial charge in [-0.15, -0.1) is 0 Å². The van der Waals surface area contributed by atoms with Gasteiger partial charge in [0.1, 0.15) is 0 Å². The van der Waals surface area contributed by atoms with Crippen molar-refractivity contribution in [1.82, 2.24) is 0 Å². The van der Waals surface area contributed by atoms with E-state index in [1.54, 1.807) is 0 Å². The fourth-order valence-electron chi connectivity index (χ4n) is 1.53. The zero-order valence-corrected chi connectivity index (χ0v) is 10.2. The summed E-state index contributed by atoms with van der Waals surface area (Å²) in [5.41, 5.74) is 9.92. The van der Waals surface area contributed by atoms with Crippen LogP contribution in [0.15, 0.2) is 24.3 Å². The molecule has 0 spiro atoms. The first-order chi connectivity index (χ1) is 8.15. The molecule has 0 radical (unpaired) electrons. The van der Waals surface area contributed by atoms with E-state index < -0.39 is 12.0 Å². The van der Waals surface area contributed by atoms with Crippen LogP contribution < -0.4 is 5.73 Å². The number of nitrogens with two attached hydrogens (primary N) is 1. The molecule has 4 nitrogen and oxygen atoms in total. The van der Waals surface area contributed by atoms with Crippen molar-refractivity contribution in [2.24, 2.45) is 5.73 Å². The van der Waals surface area contributed by atoms with Crippen molar-refractivity contribution in [3.8, 4) is 5.63 Å². The number of carboxylic acid groups (broad SMARTS) is 1. The molecule has 0 bridgehead atoms. The van der Waals surface area contributed by atoms with Crippen molar-refractivity contribution in [2.75, 3.05) is 0 Å². The topological polar surface area (TPSA) is 80.4 Å². The van der Waals surface area contributed by atoms with Crippen LogP contribution in [0.3, 0.4) is 0 Å². The Balaban J connectivity index is 2.59. The molecule has 0 saturated heterocycles. The van der Waals surface area contributed by atoms with E-state index in [2.05, 4.69) is 5.63 Å². The van der Waals surface area contributed by atoms with Crippen LogP contribution in [0.2, 0.25) is 0 Å². The van der Waals surface area contributed by atoms with E-state index in [9.17, 15) is 9.36 Å². The summed E-state index contributed by atoms with van der Waals surface area (Å²) in [6.45, 7) is 0. The molecule has 1 rings (SSSR count). The Morgan fingerprint density at radius 2 is 2.18 bits per heavy atom. The van der Waals surface area contributed by atoms with Gasteiger partial charge in [-0.3, -0.25) is 0 Å². The predicted octanol–water partition coefficient (Wildman–Crippen LogP) is 2.02. The molecule has 0 aliphatic rings. The molecule has 17 heavy (non-hydrogen) atoms. The maximum atomic E-state index is 10.5. The van der Waals surface area contributed by atoms with E-state index >= 15 is 0 Å². The third-order valence-electron chi connectivity index (χ3n) is 2.46. The van der Waals surface area contributed by atoms with Gasteiger partial charge in [0.15, 0.2) is 0 Å². The minimum absolute atomic E-state index is 0.148. The molecule has 0 heterocycles. The number of carboxylic acids is 1. The van der Waals surface area contributed by atoms with Gasteiger partial charge >= 0.3 is 100 Å². The molecular formula is C12H14NO3P. The number of hydrogen-bond acceptors (Lipinski definition) is 3. The third-order valence-corrected chi connectivity index (χ3v) is 2.79. The Labute approximate surface area is 101 Å². The first-order valence-corrected chi connectivity index (χ1v) is 6.11. The number of hydrogen-bond donors (Lipinski definition) is 2. The van der Waals surface area contributed by atoms with Crippen molar-refractivity contribution in [2.45, 2.75) is 25.3 Å². The van der Waals surface area contributed by atoms with Crippen molar-refractivity contribution in [1.29, 1.82) is 0 Å². The molecule has 0 fully saturated rings. The summed E-state index contributed by atoms with van der Waals surface area (Å²) in [6, 6.07) is 6.67. The molecule has 0 saturated carbocycles. The number of carbonyl (C=O) groups is 1. The Bertz CT molecular complexity index is 495. The van der Waals surface area contributed by atoms with Gasteiger partial charge in [-0.2, -0.15) is 0 Å². The van der Waals surface area contributed by atoms with E-state index in [1.165, 1.54) is 0 Å². The van der Waals surface area contributed by atoms with Crippen LogP contribution in [0.4, 0.5) is 0 Å². The zero-order chi connectivity index (χ0) is 12.7. The molecule has 90 valence electrons. The maximum absolute atomic E-state index is 10.5. The summed E-state index contributed by atoms with van der Waals surface area (Å²) in [7, 11) is -0.148. The van der Waals surface area contributed by atoms with E-state index in [0.29, 0.717) is 19.3 Å². The van der Waals surface area contributed by atoms with Crippen LogP contribution in [0.5, 0.6) is 0 Å². The fourth-order valence-corrected chi connectivity index (χ4v) is 1.85. The molecule has 3 N–H and O–H groups in total. The second kappa shape index (κ2) is 7.08. The normalized spacial score (nSPS) is 11.6. The van der Waals surface area contributed by atoms with Crippen LogP contribution in [-0.4, -0.2) is 17.1 Å². The molecular weight excluding hydrogens is 237 g/mol. The summed E-state index contributed by atoms with van der Waals surface area (Å²) in [5, 5.41) is 8.64. The second-order valence-electron chi connectivity index (χ2n) is 3.70. The first kappa shape index (κ1) is 13.7. The second-order valence-corrected chi connectivity index (χ2v) is 4.10. The quantitative estimate of drug-likeness (QED) is 0.784.